The summed E-state index contributed by atoms with van der Waals surface area (Å²) in [6.07, 6.45) is 1.63. The summed E-state index contributed by atoms with van der Waals surface area (Å²) in [7, 11) is 1.33. The van der Waals surface area contributed by atoms with Crippen LogP contribution in [0.5, 0.6) is 0 Å². The van der Waals surface area contributed by atoms with Crippen LogP contribution in [0.15, 0.2) is 24.3 Å². The molecule has 9 heteroatoms. The molecule has 1 aromatic carbocycles. The molecule has 3 rings (SSSR count). The van der Waals surface area contributed by atoms with Gasteiger partial charge in [0, 0.05) is 10.4 Å². The summed E-state index contributed by atoms with van der Waals surface area (Å²) in [5.74, 6) is -0.833. The van der Waals surface area contributed by atoms with E-state index in [2.05, 4.69) is 10.6 Å². The number of aryl methyl sites for hydroxylation is 2. The molecule has 1 aromatic heterocycles. The number of rotatable bonds is 5. The molecule has 1 amide bonds. The van der Waals surface area contributed by atoms with Gasteiger partial charge in [-0.2, -0.15) is 0 Å². The Balaban J connectivity index is 1.90. The van der Waals surface area contributed by atoms with Crippen LogP contribution in [0.1, 0.15) is 43.1 Å². The molecule has 0 fully saturated rings. The van der Waals surface area contributed by atoms with Gasteiger partial charge in [-0.25, -0.2) is 4.79 Å². The van der Waals surface area contributed by atoms with Crippen LogP contribution in [0.25, 0.3) is 0 Å². The van der Waals surface area contributed by atoms with E-state index in [0.717, 1.165) is 35.3 Å². The molecule has 0 spiro atoms. The molecule has 1 aliphatic rings. The van der Waals surface area contributed by atoms with E-state index in [-0.39, 0.29) is 5.91 Å². The number of alkyl halides is 3. The number of anilines is 1. The number of esters is 1. The summed E-state index contributed by atoms with van der Waals surface area (Å²) < 4.78 is 3.09. The van der Waals surface area contributed by atoms with Crippen molar-refractivity contribution in [1.29, 1.82) is 0 Å². The number of benzene rings is 1. The SMILES string of the molecule is COC(=O)c1c(N[C@@H](NC(=O)c2ccccc2C)C(Cl)(Cl)Cl)sc2c1CCC2. The summed E-state index contributed by atoms with van der Waals surface area (Å²) in [5.41, 5.74) is 2.69. The summed E-state index contributed by atoms with van der Waals surface area (Å²) in [6.45, 7) is 1.83. The van der Waals surface area contributed by atoms with Crippen molar-refractivity contribution in [2.75, 3.05) is 12.4 Å². The number of carbonyl (C=O) groups is 2. The van der Waals surface area contributed by atoms with Gasteiger partial charge in [0.2, 0.25) is 3.79 Å². The summed E-state index contributed by atoms with van der Waals surface area (Å²) in [4.78, 5) is 26.2. The topological polar surface area (TPSA) is 67.4 Å². The Morgan fingerprint density at radius 1 is 1.21 bits per heavy atom. The van der Waals surface area contributed by atoms with E-state index in [1.165, 1.54) is 18.4 Å². The van der Waals surface area contributed by atoms with Crippen molar-refractivity contribution < 1.29 is 14.3 Å². The highest BCUT2D eigenvalue weighted by atomic mass is 35.6. The van der Waals surface area contributed by atoms with E-state index < -0.39 is 15.9 Å². The fraction of sp³-hybridized carbons (Fsp3) is 0.368. The molecule has 2 aromatic rings. The zero-order valence-electron chi connectivity index (χ0n) is 15.3. The van der Waals surface area contributed by atoms with Crippen LogP contribution in [0.4, 0.5) is 5.00 Å². The monoisotopic (exact) mass is 460 g/mol. The van der Waals surface area contributed by atoms with Crippen molar-refractivity contribution in [1.82, 2.24) is 5.32 Å². The zero-order chi connectivity index (χ0) is 20.5. The molecule has 0 saturated carbocycles. The maximum atomic E-state index is 12.7. The van der Waals surface area contributed by atoms with Gasteiger partial charge in [-0.3, -0.25) is 4.79 Å². The molecule has 1 atom stereocenters. The molecule has 0 aliphatic heterocycles. The van der Waals surface area contributed by atoms with Gasteiger partial charge in [0.05, 0.1) is 12.7 Å². The van der Waals surface area contributed by atoms with E-state index in [1.807, 2.05) is 19.1 Å². The lowest BCUT2D eigenvalue weighted by Gasteiger charge is -2.27. The average molecular weight is 462 g/mol. The number of amides is 1. The lowest BCUT2D eigenvalue weighted by molar-refractivity contribution is 0.0601. The highest BCUT2D eigenvalue weighted by molar-refractivity contribution is 7.16. The fourth-order valence-electron chi connectivity index (χ4n) is 3.19. The summed E-state index contributed by atoms with van der Waals surface area (Å²) in [6, 6.07) is 7.12. The number of thiophene rings is 1. The standard InChI is InChI=1S/C19H19Cl3N2O3S/c1-10-6-3-4-7-11(10)15(25)23-18(19(20,21)22)24-16-14(17(26)27-2)12-8-5-9-13(12)28-16/h3-4,6-7,18,24H,5,8-9H2,1-2H3,(H,23,25)/t18-/m1/s1. The molecular formula is C19H19Cl3N2O3S. The molecule has 0 bridgehead atoms. The molecule has 2 N–H and O–H groups in total. The molecule has 28 heavy (non-hydrogen) atoms. The Hall–Kier alpha value is -1.47. The first-order valence-corrected chi connectivity index (χ1v) is 10.6. The van der Waals surface area contributed by atoms with Crippen molar-refractivity contribution in [2.24, 2.45) is 0 Å². The van der Waals surface area contributed by atoms with E-state index >= 15 is 0 Å². The minimum Gasteiger partial charge on any atom is -0.465 e. The third kappa shape index (κ3) is 4.40. The zero-order valence-corrected chi connectivity index (χ0v) is 18.4. The van der Waals surface area contributed by atoms with Gasteiger partial charge in [0.1, 0.15) is 11.2 Å². The van der Waals surface area contributed by atoms with Crippen LogP contribution in [0.3, 0.4) is 0 Å². The van der Waals surface area contributed by atoms with Gasteiger partial charge in [0.25, 0.3) is 5.91 Å². The number of carbonyl (C=O) groups excluding carboxylic acids is 2. The minimum absolute atomic E-state index is 0.384. The molecule has 0 unspecified atom stereocenters. The molecular weight excluding hydrogens is 443 g/mol. The number of fused-ring (bicyclic) bond motifs is 1. The second-order valence-electron chi connectivity index (χ2n) is 6.46. The van der Waals surface area contributed by atoms with Crippen molar-refractivity contribution in [3.8, 4) is 0 Å². The van der Waals surface area contributed by atoms with Gasteiger partial charge >= 0.3 is 5.97 Å². The van der Waals surface area contributed by atoms with E-state index in [0.29, 0.717) is 16.1 Å². The first kappa shape index (κ1) is 21.2. The molecule has 1 heterocycles. The summed E-state index contributed by atoms with van der Waals surface area (Å²) in [5, 5.41) is 6.29. The Labute approximate surface area is 182 Å². The van der Waals surface area contributed by atoms with Crippen LogP contribution < -0.4 is 10.6 Å². The Morgan fingerprint density at radius 2 is 1.93 bits per heavy atom. The van der Waals surface area contributed by atoms with Crippen LogP contribution in [-0.2, 0) is 17.6 Å². The molecule has 0 radical (unpaired) electrons. The minimum atomic E-state index is -1.85. The molecule has 150 valence electrons. The number of ether oxygens (including phenoxy) is 1. The van der Waals surface area contributed by atoms with Gasteiger partial charge < -0.3 is 15.4 Å². The Kier molecular flexibility index (Phi) is 6.44. The van der Waals surface area contributed by atoms with Crippen molar-refractivity contribution in [3.63, 3.8) is 0 Å². The Morgan fingerprint density at radius 3 is 2.57 bits per heavy atom. The predicted molar refractivity (Wildman–Crippen MR) is 114 cm³/mol. The largest absolute Gasteiger partial charge is 0.465 e. The van der Waals surface area contributed by atoms with E-state index in [9.17, 15) is 9.59 Å². The van der Waals surface area contributed by atoms with E-state index in [4.69, 9.17) is 39.5 Å². The first-order valence-electron chi connectivity index (χ1n) is 8.65. The number of methoxy groups -OCH3 is 1. The fourth-order valence-corrected chi connectivity index (χ4v) is 4.82. The third-order valence-electron chi connectivity index (χ3n) is 4.58. The Bertz CT molecular complexity index is 908. The smallest absolute Gasteiger partial charge is 0.341 e. The van der Waals surface area contributed by atoms with Crippen LogP contribution in [-0.4, -0.2) is 28.9 Å². The lowest BCUT2D eigenvalue weighted by Crippen LogP contribution is -2.49. The van der Waals surface area contributed by atoms with E-state index in [1.54, 1.807) is 12.1 Å². The number of nitrogens with one attached hydrogen (secondary N) is 2. The van der Waals surface area contributed by atoms with Gasteiger partial charge in [-0.1, -0.05) is 53.0 Å². The van der Waals surface area contributed by atoms with Gasteiger partial charge in [0.15, 0.2) is 0 Å². The second-order valence-corrected chi connectivity index (χ2v) is 9.93. The summed E-state index contributed by atoms with van der Waals surface area (Å²) >= 11 is 19.8. The first-order chi connectivity index (χ1) is 13.2. The van der Waals surface area contributed by atoms with Crippen molar-refractivity contribution in [3.05, 3.63) is 51.4 Å². The predicted octanol–water partition coefficient (Wildman–Crippen LogP) is 4.87. The van der Waals surface area contributed by atoms with Gasteiger partial charge in [-0.05, 0) is 43.4 Å². The van der Waals surface area contributed by atoms with Crippen molar-refractivity contribution in [2.45, 2.75) is 36.1 Å². The maximum absolute atomic E-state index is 12.7. The highest BCUT2D eigenvalue weighted by Gasteiger charge is 2.37. The van der Waals surface area contributed by atoms with Gasteiger partial charge in [-0.15, -0.1) is 11.3 Å². The third-order valence-corrected chi connectivity index (χ3v) is 6.46. The normalized spacial score (nSPS) is 14.3. The quantitative estimate of drug-likeness (QED) is 0.379. The highest BCUT2D eigenvalue weighted by Crippen LogP contribution is 2.41. The molecule has 5 nitrogen and oxygen atoms in total. The average Bonchev–Trinajstić information content (AvgIpc) is 3.20. The lowest BCUT2D eigenvalue weighted by atomic mass is 10.1. The number of halogens is 3. The van der Waals surface area contributed by atoms with Crippen molar-refractivity contribution >= 4 is 63.0 Å². The molecule has 0 saturated heterocycles. The number of hydrogen-bond acceptors (Lipinski definition) is 5. The van der Waals surface area contributed by atoms with Crippen LogP contribution in [0, 0.1) is 6.92 Å². The second kappa shape index (κ2) is 8.49. The van der Waals surface area contributed by atoms with Crippen LogP contribution in [0.2, 0.25) is 0 Å². The molecule has 1 aliphatic carbocycles. The van der Waals surface area contributed by atoms with Crippen LogP contribution >= 0.6 is 46.1 Å². The number of hydrogen-bond donors (Lipinski definition) is 2. The maximum Gasteiger partial charge on any atom is 0.341 e.